The number of carbonyl (C=O) groups is 1. The summed E-state index contributed by atoms with van der Waals surface area (Å²) in [6.07, 6.45) is 1.04. The molecule has 1 aromatic rings. The van der Waals surface area contributed by atoms with Gasteiger partial charge >= 0.3 is 0 Å². The third-order valence-corrected chi connectivity index (χ3v) is 3.48. The van der Waals surface area contributed by atoms with Gasteiger partial charge in [-0.1, -0.05) is 24.6 Å². The van der Waals surface area contributed by atoms with Crippen LogP contribution in [0.1, 0.15) is 20.3 Å². The van der Waals surface area contributed by atoms with Gasteiger partial charge in [-0.05, 0) is 30.5 Å². The van der Waals surface area contributed by atoms with Crippen LogP contribution in [-0.2, 0) is 4.79 Å². The molecule has 98 valence electrons. The molecular weight excluding hydrogens is 248 g/mol. The van der Waals surface area contributed by atoms with Gasteiger partial charge in [-0.25, -0.2) is 0 Å². The zero-order valence-electron chi connectivity index (χ0n) is 10.8. The molecule has 2 rings (SSSR count). The maximum absolute atomic E-state index is 11.2. The van der Waals surface area contributed by atoms with E-state index in [2.05, 4.69) is 23.2 Å². The fraction of sp³-hybridized carbons (Fsp3) is 0.500. The highest BCUT2D eigenvalue weighted by molar-refractivity contribution is 6.30. The molecule has 1 N–H and O–H groups in total. The third-order valence-electron chi connectivity index (χ3n) is 3.24. The number of hydrogen-bond acceptors (Lipinski definition) is 2. The molecule has 2 unspecified atom stereocenters. The van der Waals surface area contributed by atoms with Gasteiger partial charge in [-0.15, -0.1) is 0 Å². The quantitative estimate of drug-likeness (QED) is 0.893. The lowest BCUT2D eigenvalue weighted by molar-refractivity contribution is -0.119. The number of piperidine rings is 1. The van der Waals surface area contributed by atoms with E-state index in [1.165, 1.54) is 0 Å². The fourth-order valence-electron chi connectivity index (χ4n) is 2.63. The molecule has 4 heteroatoms. The number of anilines is 1. The van der Waals surface area contributed by atoms with Gasteiger partial charge in [0.05, 0.1) is 0 Å². The van der Waals surface area contributed by atoms with Crippen molar-refractivity contribution in [1.82, 2.24) is 5.32 Å². The van der Waals surface area contributed by atoms with Gasteiger partial charge in [-0.2, -0.15) is 0 Å². The number of hydrogen-bond donors (Lipinski definition) is 1. The molecule has 1 aliphatic rings. The largest absolute Gasteiger partial charge is 0.369 e. The zero-order chi connectivity index (χ0) is 13.1. The van der Waals surface area contributed by atoms with Gasteiger partial charge in [0.25, 0.3) is 0 Å². The van der Waals surface area contributed by atoms with E-state index in [1.54, 1.807) is 6.92 Å². The van der Waals surface area contributed by atoms with Crippen molar-refractivity contribution in [2.45, 2.75) is 26.3 Å². The second-order valence-electron chi connectivity index (χ2n) is 5.12. The predicted octanol–water partition coefficient (Wildman–Crippen LogP) is 2.69. The maximum Gasteiger partial charge on any atom is 0.217 e. The van der Waals surface area contributed by atoms with Crippen LogP contribution in [0, 0.1) is 5.92 Å². The number of carbonyl (C=O) groups excluding carboxylic acids is 1. The molecule has 0 aliphatic carbocycles. The molecule has 2 atom stereocenters. The predicted molar refractivity (Wildman–Crippen MR) is 75.1 cm³/mol. The molecular formula is C14H19ClN2O. The van der Waals surface area contributed by atoms with Gasteiger partial charge < -0.3 is 10.2 Å². The van der Waals surface area contributed by atoms with E-state index in [4.69, 9.17) is 11.6 Å². The normalized spacial score (nSPS) is 23.8. The summed E-state index contributed by atoms with van der Waals surface area (Å²) >= 11 is 6.02. The number of halogens is 1. The van der Waals surface area contributed by atoms with Crippen molar-refractivity contribution in [3.8, 4) is 0 Å². The minimum Gasteiger partial charge on any atom is -0.369 e. The molecule has 0 saturated carbocycles. The highest BCUT2D eigenvalue weighted by atomic mass is 35.5. The highest BCUT2D eigenvalue weighted by Crippen LogP contribution is 2.25. The van der Waals surface area contributed by atoms with Gasteiger partial charge in [0, 0.05) is 36.8 Å². The summed E-state index contributed by atoms with van der Waals surface area (Å²) in [6.45, 7) is 5.65. The van der Waals surface area contributed by atoms with E-state index in [-0.39, 0.29) is 11.9 Å². The van der Waals surface area contributed by atoms with Crippen molar-refractivity contribution in [2.75, 3.05) is 18.0 Å². The molecule has 1 aromatic carbocycles. The van der Waals surface area contributed by atoms with Crippen LogP contribution >= 0.6 is 11.6 Å². The summed E-state index contributed by atoms with van der Waals surface area (Å²) < 4.78 is 0. The summed E-state index contributed by atoms with van der Waals surface area (Å²) in [7, 11) is 0. The second-order valence-corrected chi connectivity index (χ2v) is 5.56. The van der Waals surface area contributed by atoms with Gasteiger partial charge in [0.1, 0.15) is 0 Å². The summed E-state index contributed by atoms with van der Waals surface area (Å²) in [5.74, 6) is 0.606. The monoisotopic (exact) mass is 266 g/mol. The average Bonchev–Trinajstić information content (AvgIpc) is 2.27. The number of nitrogens with zero attached hydrogens (tertiary/aromatic N) is 1. The number of benzene rings is 1. The van der Waals surface area contributed by atoms with E-state index in [1.807, 2.05) is 18.2 Å². The maximum atomic E-state index is 11.2. The molecule has 0 spiro atoms. The first-order valence-electron chi connectivity index (χ1n) is 6.32. The first-order chi connectivity index (χ1) is 8.54. The third kappa shape index (κ3) is 3.39. The molecule has 1 amide bonds. The van der Waals surface area contributed by atoms with Crippen LogP contribution in [0.5, 0.6) is 0 Å². The Bertz CT molecular complexity index is 436. The van der Waals surface area contributed by atoms with E-state index in [9.17, 15) is 4.79 Å². The molecule has 1 fully saturated rings. The van der Waals surface area contributed by atoms with Crippen molar-refractivity contribution in [2.24, 2.45) is 5.92 Å². The molecule has 18 heavy (non-hydrogen) atoms. The number of nitrogens with one attached hydrogen (secondary N) is 1. The first-order valence-corrected chi connectivity index (χ1v) is 6.70. The minimum atomic E-state index is 0.0418. The Morgan fingerprint density at radius 3 is 2.89 bits per heavy atom. The van der Waals surface area contributed by atoms with Crippen LogP contribution in [0.2, 0.25) is 5.02 Å². The number of rotatable bonds is 2. The zero-order valence-corrected chi connectivity index (χ0v) is 11.6. The molecule has 0 aromatic heterocycles. The van der Waals surface area contributed by atoms with Gasteiger partial charge in [0.15, 0.2) is 0 Å². The van der Waals surface area contributed by atoms with Gasteiger partial charge in [-0.3, -0.25) is 4.79 Å². The standard InChI is InChI=1S/C14H19ClN2O/c1-10-6-13(16-11(2)18)9-17(8-10)14-5-3-4-12(15)7-14/h3-5,7,10,13H,6,8-9H2,1-2H3,(H,16,18). The summed E-state index contributed by atoms with van der Waals surface area (Å²) in [5.41, 5.74) is 1.13. The van der Waals surface area contributed by atoms with Crippen molar-refractivity contribution in [3.63, 3.8) is 0 Å². The van der Waals surface area contributed by atoms with E-state index >= 15 is 0 Å². The fourth-order valence-corrected chi connectivity index (χ4v) is 2.81. The molecule has 1 saturated heterocycles. The van der Waals surface area contributed by atoms with Crippen LogP contribution in [0.4, 0.5) is 5.69 Å². The van der Waals surface area contributed by atoms with Crippen molar-refractivity contribution < 1.29 is 4.79 Å². The average molecular weight is 267 g/mol. The van der Waals surface area contributed by atoms with E-state index in [0.717, 1.165) is 30.2 Å². The lowest BCUT2D eigenvalue weighted by Gasteiger charge is -2.38. The Balaban J connectivity index is 2.10. The Morgan fingerprint density at radius 1 is 1.44 bits per heavy atom. The topological polar surface area (TPSA) is 32.3 Å². The lowest BCUT2D eigenvalue weighted by atomic mass is 9.95. The Kier molecular flexibility index (Phi) is 4.12. The molecule has 1 heterocycles. The first kappa shape index (κ1) is 13.2. The van der Waals surface area contributed by atoms with Crippen molar-refractivity contribution >= 4 is 23.2 Å². The summed E-state index contributed by atoms with van der Waals surface area (Å²) in [4.78, 5) is 13.5. The SMILES string of the molecule is CC(=O)NC1CC(C)CN(c2cccc(Cl)c2)C1. The molecule has 0 bridgehead atoms. The Hall–Kier alpha value is -1.22. The summed E-state index contributed by atoms with van der Waals surface area (Å²) in [6, 6.07) is 8.11. The van der Waals surface area contributed by atoms with Crippen LogP contribution in [-0.4, -0.2) is 25.0 Å². The van der Waals surface area contributed by atoms with Gasteiger partial charge in [0.2, 0.25) is 5.91 Å². The molecule has 0 radical (unpaired) electrons. The van der Waals surface area contributed by atoms with Crippen molar-refractivity contribution in [3.05, 3.63) is 29.3 Å². The number of amides is 1. The van der Waals surface area contributed by atoms with Crippen LogP contribution in [0.15, 0.2) is 24.3 Å². The van der Waals surface area contributed by atoms with E-state index < -0.39 is 0 Å². The lowest BCUT2D eigenvalue weighted by Crippen LogP contribution is -2.50. The molecule has 1 aliphatic heterocycles. The van der Waals surface area contributed by atoms with E-state index in [0.29, 0.717) is 5.92 Å². The van der Waals surface area contributed by atoms with Crippen LogP contribution in [0.25, 0.3) is 0 Å². The Morgan fingerprint density at radius 2 is 2.22 bits per heavy atom. The van der Waals surface area contributed by atoms with Crippen molar-refractivity contribution in [1.29, 1.82) is 0 Å². The summed E-state index contributed by atoms with van der Waals surface area (Å²) in [5, 5.41) is 3.76. The smallest absolute Gasteiger partial charge is 0.217 e. The van der Waals surface area contributed by atoms with Crippen LogP contribution in [0.3, 0.4) is 0 Å². The molecule has 3 nitrogen and oxygen atoms in total. The second kappa shape index (κ2) is 5.61. The Labute approximate surface area is 113 Å². The highest BCUT2D eigenvalue weighted by Gasteiger charge is 2.25. The minimum absolute atomic E-state index is 0.0418. The van der Waals surface area contributed by atoms with Crippen LogP contribution < -0.4 is 10.2 Å².